The van der Waals surface area contributed by atoms with Gasteiger partial charge in [0, 0.05) is 0 Å². The van der Waals surface area contributed by atoms with E-state index in [1.54, 1.807) is 5.57 Å². The molecule has 0 bridgehead atoms. The summed E-state index contributed by atoms with van der Waals surface area (Å²) >= 11 is 0. The van der Waals surface area contributed by atoms with Crippen LogP contribution in [0.5, 0.6) is 0 Å². The quantitative estimate of drug-likeness (QED) is 0.463. The Morgan fingerprint density at radius 1 is 1.18 bits per heavy atom. The zero-order valence-corrected chi connectivity index (χ0v) is 7.47. The molecule has 0 N–H and O–H groups in total. The van der Waals surface area contributed by atoms with Crippen LogP contribution in [0.1, 0.15) is 45.4 Å². The second-order valence-electron chi connectivity index (χ2n) is 4.29. The van der Waals surface area contributed by atoms with Crippen molar-refractivity contribution in [2.75, 3.05) is 0 Å². The zero-order valence-electron chi connectivity index (χ0n) is 7.47. The lowest BCUT2D eigenvalue weighted by Crippen LogP contribution is -2.22. The van der Waals surface area contributed by atoms with Crippen molar-refractivity contribution in [1.82, 2.24) is 0 Å². The minimum atomic E-state index is 1.06. The predicted octanol–water partition coefficient (Wildman–Crippen LogP) is 3.53. The average Bonchev–Trinajstić information content (AvgIpc) is 2.04. The van der Waals surface area contributed by atoms with Crippen molar-refractivity contribution in [2.45, 2.75) is 45.4 Å². The Kier molecular flexibility index (Phi) is 2.02. The van der Waals surface area contributed by atoms with Gasteiger partial charge in [0.15, 0.2) is 0 Å². The number of fused-ring (bicyclic) bond motifs is 1. The zero-order chi connectivity index (χ0) is 7.68. The van der Waals surface area contributed by atoms with Gasteiger partial charge in [-0.25, -0.2) is 0 Å². The van der Waals surface area contributed by atoms with Gasteiger partial charge in [-0.3, -0.25) is 0 Å². The molecule has 2 aliphatic rings. The molecule has 0 aromatic carbocycles. The fraction of sp³-hybridized carbons (Fsp3) is 0.818. The van der Waals surface area contributed by atoms with E-state index in [-0.39, 0.29) is 0 Å². The van der Waals surface area contributed by atoms with Crippen molar-refractivity contribution in [2.24, 2.45) is 11.8 Å². The standard InChI is InChI=1S/C11H18/c1-9-6-7-10-4-2-3-5-11(10)8-9/h6,10-11H,2-5,7-8H2,1H3/t10-,11-/m1/s1. The van der Waals surface area contributed by atoms with E-state index in [1.807, 2.05) is 0 Å². The summed E-state index contributed by atoms with van der Waals surface area (Å²) in [6, 6.07) is 0. The second-order valence-corrected chi connectivity index (χ2v) is 4.29. The van der Waals surface area contributed by atoms with E-state index in [1.165, 1.54) is 38.5 Å². The van der Waals surface area contributed by atoms with Crippen LogP contribution in [0.4, 0.5) is 0 Å². The minimum absolute atomic E-state index is 1.06. The van der Waals surface area contributed by atoms with Crippen LogP contribution in [0.15, 0.2) is 11.6 Å². The molecule has 0 spiro atoms. The van der Waals surface area contributed by atoms with Crippen LogP contribution in [0.2, 0.25) is 0 Å². The Morgan fingerprint density at radius 2 is 1.91 bits per heavy atom. The molecule has 0 nitrogen and oxygen atoms in total. The third-order valence-corrected chi connectivity index (χ3v) is 3.42. The van der Waals surface area contributed by atoms with E-state index in [4.69, 9.17) is 0 Å². The Morgan fingerprint density at radius 3 is 2.73 bits per heavy atom. The molecule has 2 aliphatic carbocycles. The van der Waals surface area contributed by atoms with E-state index in [9.17, 15) is 0 Å². The van der Waals surface area contributed by atoms with Gasteiger partial charge in [-0.05, 0) is 44.4 Å². The molecule has 0 amide bonds. The second kappa shape index (κ2) is 3.00. The largest absolute Gasteiger partial charge is 0.0853 e. The van der Waals surface area contributed by atoms with E-state index in [2.05, 4.69) is 13.0 Å². The first-order chi connectivity index (χ1) is 5.36. The Balaban J connectivity index is 2.04. The smallest absolute Gasteiger partial charge is 0.0292 e. The molecule has 11 heavy (non-hydrogen) atoms. The summed E-state index contributed by atoms with van der Waals surface area (Å²) in [5.41, 5.74) is 1.65. The molecular formula is C11H18. The molecule has 0 saturated heterocycles. The molecule has 0 aromatic rings. The monoisotopic (exact) mass is 150 g/mol. The van der Waals surface area contributed by atoms with Gasteiger partial charge in [-0.2, -0.15) is 0 Å². The van der Waals surface area contributed by atoms with E-state index in [0.717, 1.165) is 11.8 Å². The van der Waals surface area contributed by atoms with Crippen molar-refractivity contribution in [3.8, 4) is 0 Å². The highest BCUT2D eigenvalue weighted by Gasteiger charge is 2.26. The fourth-order valence-corrected chi connectivity index (χ4v) is 2.71. The molecule has 62 valence electrons. The highest BCUT2D eigenvalue weighted by atomic mass is 14.3. The number of hydrogen-bond donors (Lipinski definition) is 0. The maximum Gasteiger partial charge on any atom is -0.0292 e. The third-order valence-electron chi connectivity index (χ3n) is 3.42. The lowest BCUT2D eigenvalue weighted by molar-refractivity contribution is 0.226. The highest BCUT2D eigenvalue weighted by Crippen LogP contribution is 2.39. The van der Waals surface area contributed by atoms with Gasteiger partial charge in [0.25, 0.3) is 0 Å². The summed E-state index contributed by atoms with van der Waals surface area (Å²) in [5.74, 6) is 2.13. The van der Waals surface area contributed by atoms with Gasteiger partial charge < -0.3 is 0 Å². The van der Waals surface area contributed by atoms with Crippen molar-refractivity contribution in [3.63, 3.8) is 0 Å². The lowest BCUT2D eigenvalue weighted by atomic mass is 9.72. The summed E-state index contributed by atoms with van der Waals surface area (Å²) in [7, 11) is 0. The van der Waals surface area contributed by atoms with Crippen molar-refractivity contribution in [1.29, 1.82) is 0 Å². The van der Waals surface area contributed by atoms with E-state index < -0.39 is 0 Å². The summed E-state index contributed by atoms with van der Waals surface area (Å²) in [6.45, 7) is 2.30. The molecule has 2 atom stereocenters. The maximum absolute atomic E-state index is 2.46. The van der Waals surface area contributed by atoms with E-state index >= 15 is 0 Å². The van der Waals surface area contributed by atoms with Crippen LogP contribution in [-0.4, -0.2) is 0 Å². The molecule has 0 unspecified atom stereocenters. The van der Waals surface area contributed by atoms with Crippen LogP contribution in [0.3, 0.4) is 0 Å². The van der Waals surface area contributed by atoms with Crippen LogP contribution in [-0.2, 0) is 0 Å². The Bertz CT molecular complexity index is 167. The first kappa shape index (κ1) is 7.39. The van der Waals surface area contributed by atoms with Crippen LogP contribution >= 0.6 is 0 Å². The van der Waals surface area contributed by atoms with Gasteiger partial charge in [0.2, 0.25) is 0 Å². The van der Waals surface area contributed by atoms with Gasteiger partial charge >= 0.3 is 0 Å². The topological polar surface area (TPSA) is 0 Å². The molecule has 1 saturated carbocycles. The minimum Gasteiger partial charge on any atom is -0.0853 e. The highest BCUT2D eigenvalue weighted by molar-refractivity contribution is 5.06. The third kappa shape index (κ3) is 1.50. The summed E-state index contributed by atoms with van der Waals surface area (Å²) in [5, 5.41) is 0. The van der Waals surface area contributed by atoms with Crippen molar-refractivity contribution >= 4 is 0 Å². The average molecular weight is 150 g/mol. The summed E-state index contributed by atoms with van der Waals surface area (Å²) < 4.78 is 0. The number of rotatable bonds is 0. The summed E-state index contributed by atoms with van der Waals surface area (Å²) in [4.78, 5) is 0. The number of allylic oxidation sites excluding steroid dienone is 2. The maximum atomic E-state index is 2.46. The van der Waals surface area contributed by atoms with Crippen molar-refractivity contribution < 1.29 is 0 Å². The van der Waals surface area contributed by atoms with Gasteiger partial charge in [-0.15, -0.1) is 0 Å². The predicted molar refractivity (Wildman–Crippen MR) is 48.4 cm³/mol. The van der Waals surface area contributed by atoms with Gasteiger partial charge in [0.05, 0.1) is 0 Å². The van der Waals surface area contributed by atoms with Gasteiger partial charge in [-0.1, -0.05) is 24.5 Å². The summed E-state index contributed by atoms with van der Waals surface area (Å²) in [6.07, 6.45) is 11.3. The lowest BCUT2D eigenvalue weighted by Gasteiger charge is -2.34. The first-order valence-electron chi connectivity index (χ1n) is 5.02. The molecule has 0 aromatic heterocycles. The first-order valence-corrected chi connectivity index (χ1v) is 5.02. The number of hydrogen-bond acceptors (Lipinski definition) is 0. The van der Waals surface area contributed by atoms with Crippen LogP contribution < -0.4 is 0 Å². The normalized spacial score (nSPS) is 37.7. The molecule has 0 radical (unpaired) electrons. The molecular weight excluding hydrogens is 132 g/mol. The molecule has 2 rings (SSSR count). The van der Waals surface area contributed by atoms with Crippen LogP contribution in [0.25, 0.3) is 0 Å². The Hall–Kier alpha value is -0.260. The molecule has 1 fully saturated rings. The van der Waals surface area contributed by atoms with Gasteiger partial charge in [0.1, 0.15) is 0 Å². The molecule has 0 heterocycles. The van der Waals surface area contributed by atoms with Crippen molar-refractivity contribution in [3.05, 3.63) is 11.6 Å². The van der Waals surface area contributed by atoms with E-state index in [0.29, 0.717) is 0 Å². The van der Waals surface area contributed by atoms with Crippen LogP contribution in [0, 0.1) is 11.8 Å². The Labute approximate surface area is 69.7 Å². The molecule has 0 heteroatoms. The SMILES string of the molecule is CC1=CC[C@H]2CCCC[C@@H]2C1. The molecule has 0 aliphatic heterocycles. The fourth-order valence-electron chi connectivity index (χ4n) is 2.71.